The van der Waals surface area contributed by atoms with Crippen molar-refractivity contribution in [2.24, 2.45) is 0 Å². The molecule has 4 heteroatoms. The van der Waals surface area contributed by atoms with Crippen LogP contribution in [0.5, 0.6) is 5.75 Å². The second-order valence-electron chi connectivity index (χ2n) is 4.09. The highest BCUT2D eigenvalue weighted by atomic mass is 16.5. The Kier molecular flexibility index (Phi) is 3.64. The van der Waals surface area contributed by atoms with Crippen molar-refractivity contribution in [3.8, 4) is 5.75 Å². The summed E-state index contributed by atoms with van der Waals surface area (Å²) in [5.74, 6) is 0.879. The van der Waals surface area contributed by atoms with Gasteiger partial charge < -0.3 is 14.4 Å². The van der Waals surface area contributed by atoms with E-state index < -0.39 is 0 Å². The number of rotatable bonds is 3. The highest BCUT2D eigenvalue weighted by Gasteiger charge is 2.25. The molecule has 1 saturated heterocycles. The minimum absolute atomic E-state index is 0.100. The molecule has 0 spiro atoms. The molecule has 4 nitrogen and oxygen atoms in total. The van der Waals surface area contributed by atoms with Crippen LogP contribution in [0.3, 0.4) is 0 Å². The van der Waals surface area contributed by atoms with Crippen molar-refractivity contribution >= 4 is 5.91 Å². The molecule has 0 radical (unpaired) electrons. The molecule has 1 heterocycles. The Balaban J connectivity index is 2.02. The van der Waals surface area contributed by atoms with E-state index in [1.807, 2.05) is 31.2 Å². The Morgan fingerprint density at radius 1 is 1.59 bits per heavy atom. The van der Waals surface area contributed by atoms with Crippen molar-refractivity contribution in [3.63, 3.8) is 0 Å². The van der Waals surface area contributed by atoms with Gasteiger partial charge in [-0.25, -0.2) is 0 Å². The normalized spacial score (nSPS) is 19.4. The summed E-state index contributed by atoms with van der Waals surface area (Å²) in [5.41, 5.74) is 0.966. The van der Waals surface area contributed by atoms with E-state index in [0.29, 0.717) is 19.6 Å². The largest absolute Gasteiger partial charge is 0.497 e. The highest BCUT2D eigenvalue weighted by molar-refractivity contribution is 5.79. The molecule has 17 heavy (non-hydrogen) atoms. The predicted molar refractivity (Wildman–Crippen MR) is 63.8 cm³/mol. The summed E-state index contributed by atoms with van der Waals surface area (Å²) in [6, 6.07) is 7.59. The Hall–Kier alpha value is -1.55. The highest BCUT2D eigenvalue weighted by Crippen LogP contribution is 2.16. The van der Waals surface area contributed by atoms with E-state index in [2.05, 4.69) is 0 Å². The minimum Gasteiger partial charge on any atom is -0.497 e. The number of hydrogen-bond donors (Lipinski definition) is 0. The van der Waals surface area contributed by atoms with Gasteiger partial charge in [0.1, 0.15) is 12.0 Å². The summed E-state index contributed by atoms with van der Waals surface area (Å²) in [4.78, 5) is 13.8. The maximum atomic E-state index is 12.0. The van der Waals surface area contributed by atoms with Gasteiger partial charge in [0.15, 0.2) is 0 Å². The third-order valence-corrected chi connectivity index (χ3v) is 2.94. The topological polar surface area (TPSA) is 38.8 Å². The van der Waals surface area contributed by atoms with Crippen molar-refractivity contribution in [1.29, 1.82) is 0 Å². The Morgan fingerprint density at radius 2 is 2.41 bits per heavy atom. The lowest BCUT2D eigenvalue weighted by molar-refractivity contribution is -0.134. The molecule has 0 bridgehead atoms. The maximum absolute atomic E-state index is 12.0. The van der Waals surface area contributed by atoms with Gasteiger partial charge in [-0.05, 0) is 24.6 Å². The van der Waals surface area contributed by atoms with Gasteiger partial charge in [0.05, 0.1) is 20.1 Å². The number of benzene rings is 1. The molecule has 0 saturated carbocycles. The molecule has 0 aromatic heterocycles. The first kappa shape index (κ1) is 11.9. The molecule has 1 aromatic carbocycles. The first-order valence-electron chi connectivity index (χ1n) is 5.74. The van der Waals surface area contributed by atoms with E-state index in [0.717, 1.165) is 11.3 Å². The van der Waals surface area contributed by atoms with Crippen LogP contribution in [0.2, 0.25) is 0 Å². The molecular weight excluding hydrogens is 218 g/mol. The molecule has 1 fully saturated rings. The molecule has 2 rings (SSSR count). The van der Waals surface area contributed by atoms with Crippen molar-refractivity contribution in [3.05, 3.63) is 29.8 Å². The number of nitrogens with zero attached hydrogens (tertiary/aromatic N) is 1. The summed E-state index contributed by atoms with van der Waals surface area (Å²) >= 11 is 0. The third kappa shape index (κ3) is 2.77. The average molecular weight is 235 g/mol. The van der Waals surface area contributed by atoms with E-state index in [1.54, 1.807) is 12.0 Å². The van der Waals surface area contributed by atoms with E-state index in [1.165, 1.54) is 0 Å². The molecule has 92 valence electrons. The zero-order valence-electron chi connectivity index (χ0n) is 10.2. The number of carbonyl (C=O) groups is 1. The lowest BCUT2D eigenvalue weighted by Crippen LogP contribution is -2.35. The van der Waals surface area contributed by atoms with Gasteiger partial charge in [0.2, 0.25) is 5.91 Å². The van der Waals surface area contributed by atoms with Crippen LogP contribution >= 0.6 is 0 Å². The van der Waals surface area contributed by atoms with Crippen LogP contribution in [-0.4, -0.2) is 37.3 Å². The zero-order valence-corrected chi connectivity index (χ0v) is 10.2. The molecule has 0 aliphatic carbocycles. The minimum atomic E-state index is -0.104. The summed E-state index contributed by atoms with van der Waals surface area (Å²) in [5, 5.41) is 0. The standard InChI is InChI=1S/C13H17NO3/c1-10-14(6-7-17-10)13(15)9-11-4-3-5-12(8-11)16-2/h3-5,8,10H,6-7,9H2,1-2H3. The van der Waals surface area contributed by atoms with Gasteiger partial charge in [0.25, 0.3) is 0 Å². The average Bonchev–Trinajstić information content (AvgIpc) is 2.76. The SMILES string of the molecule is COc1cccc(CC(=O)N2CCOC2C)c1. The molecule has 1 aliphatic heterocycles. The van der Waals surface area contributed by atoms with Gasteiger partial charge in [-0.3, -0.25) is 4.79 Å². The molecule has 1 atom stereocenters. The number of ether oxygens (including phenoxy) is 2. The fourth-order valence-corrected chi connectivity index (χ4v) is 1.98. The number of carbonyl (C=O) groups excluding carboxylic acids is 1. The van der Waals surface area contributed by atoms with Crippen LogP contribution in [-0.2, 0) is 16.0 Å². The summed E-state index contributed by atoms with van der Waals surface area (Å²) in [7, 11) is 1.62. The number of methoxy groups -OCH3 is 1. The van der Waals surface area contributed by atoms with Crippen LogP contribution in [0.4, 0.5) is 0 Å². The second kappa shape index (κ2) is 5.19. The van der Waals surface area contributed by atoms with Crippen molar-refractivity contribution in [2.75, 3.05) is 20.3 Å². The quantitative estimate of drug-likeness (QED) is 0.795. The lowest BCUT2D eigenvalue weighted by atomic mass is 10.1. The fourth-order valence-electron chi connectivity index (χ4n) is 1.98. The smallest absolute Gasteiger partial charge is 0.229 e. The van der Waals surface area contributed by atoms with Crippen molar-refractivity contribution in [1.82, 2.24) is 4.90 Å². The molecule has 1 aromatic rings. The Bertz CT molecular complexity index is 405. The number of amides is 1. The molecule has 0 N–H and O–H groups in total. The summed E-state index contributed by atoms with van der Waals surface area (Å²) in [6.07, 6.45) is 0.290. The van der Waals surface area contributed by atoms with Gasteiger partial charge >= 0.3 is 0 Å². The first-order valence-corrected chi connectivity index (χ1v) is 5.74. The van der Waals surface area contributed by atoms with Crippen LogP contribution in [0, 0.1) is 0 Å². The Labute approximate surface area is 101 Å². The van der Waals surface area contributed by atoms with E-state index in [-0.39, 0.29) is 12.1 Å². The van der Waals surface area contributed by atoms with Crippen LogP contribution in [0.15, 0.2) is 24.3 Å². The van der Waals surface area contributed by atoms with Crippen LogP contribution in [0.1, 0.15) is 12.5 Å². The van der Waals surface area contributed by atoms with Gasteiger partial charge in [-0.15, -0.1) is 0 Å². The monoisotopic (exact) mass is 235 g/mol. The fraction of sp³-hybridized carbons (Fsp3) is 0.462. The molecule has 1 unspecified atom stereocenters. The van der Waals surface area contributed by atoms with Gasteiger partial charge in [-0.2, -0.15) is 0 Å². The third-order valence-electron chi connectivity index (χ3n) is 2.94. The maximum Gasteiger partial charge on any atom is 0.229 e. The first-order chi connectivity index (χ1) is 8.20. The van der Waals surface area contributed by atoms with E-state index in [4.69, 9.17) is 9.47 Å². The summed E-state index contributed by atoms with van der Waals surface area (Å²) < 4.78 is 10.5. The molecule has 1 aliphatic rings. The van der Waals surface area contributed by atoms with Crippen molar-refractivity contribution in [2.45, 2.75) is 19.6 Å². The Morgan fingerprint density at radius 3 is 3.06 bits per heavy atom. The zero-order chi connectivity index (χ0) is 12.3. The second-order valence-corrected chi connectivity index (χ2v) is 4.09. The molecular formula is C13H17NO3. The molecule has 1 amide bonds. The lowest BCUT2D eigenvalue weighted by Gasteiger charge is -2.19. The van der Waals surface area contributed by atoms with Crippen molar-refractivity contribution < 1.29 is 14.3 Å². The van der Waals surface area contributed by atoms with Crippen LogP contribution in [0.25, 0.3) is 0 Å². The van der Waals surface area contributed by atoms with E-state index >= 15 is 0 Å². The van der Waals surface area contributed by atoms with Crippen LogP contribution < -0.4 is 4.74 Å². The van der Waals surface area contributed by atoms with Gasteiger partial charge in [-0.1, -0.05) is 12.1 Å². The van der Waals surface area contributed by atoms with E-state index in [9.17, 15) is 4.79 Å². The van der Waals surface area contributed by atoms with Gasteiger partial charge in [0, 0.05) is 6.54 Å². The summed E-state index contributed by atoms with van der Waals surface area (Å²) in [6.45, 7) is 3.21. The number of hydrogen-bond acceptors (Lipinski definition) is 3. The predicted octanol–water partition coefficient (Wildman–Crippen LogP) is 1.44.